The maximum Gasteiger partial charge on any atom is 0.277 e. The molecule has 0 atom stereocenters. The van der Waals surface area contributed by atoms with Crippen molar-refractivity contribution in [2.24, 2.45) is 0 Å². The number of hydrogen-bond acceptors (Lipinski definition) is 3. The van der Waals surface area contributed by atoms with Crippen LogP contribution in [0.4, 0.5) is 5.82 Å². The van der Waals surface area contributed by atoms with Crippen LogP contribution >= 0.6 is 0 Å². The van der Waals surface area contributed by atoms with Crippen molar-refractivity contribution in [1.82, 2.24) is 14.8 Å². The molecule has 0 aromatic carbocycles. The van der Waals surface area contributed by atoms with E-state index >= 15 is 0 Å². The van der Waals surface area contributed by atoms with Crippen LogP contribution in [0.5, 0.6) is 0 Å². The molecule has 0 saturated heterocycles. The Morgan fingerprint density at radius 1 is 1.59 bits per heavy atom. The maximum absolute atomic E-state index is 11.6. The second-order valence-electron chi connectivity index (χ2n) is 3.25. The second-order valence-corrected chi connectivity index (χ2v) is 3.25. The molecule has 0 spiro atoms. The number of hydrogen-bond donors (Lipinski definition) is 1. The molecule has 6 heteroatoms. The Kier molecular flexibility index (Phi) is 2.71. The molecule has 0 aliphatic rings. The fourth-order valence-electron chi connectivity index (χ4n) is 1.38. The lowest BCUT2D eigenvalue weighted by Crippen LogP contribution is -2.15. The summed E-state index contributed by atoms with van der Waals surface area (Å²) in [6.45, 7) is 6.80. The predicted molar refractivity (Wildman–Crippen MR) is 59.8 cm³/mol. The molecule has 1 N–H and O–H groups in total. The van der Waals surface area contributed by atoms with Gasteiger partial charge in [0, 0.05) is 6.07 Å². The van der Waals surface area contributed by atoms with E-state index in [4.69, 9.17) is 11.8 Å². The lowest BCUT2D eigenvalue weighted by molar-refractivity contribution is 0.816. The highest BCUT2D eigenvalue weighted by atomic mass is 16.1. The highest BCUT2D eigenvalue weighted by Crippen LogP contribution is 2.07. The molecule has 0 aliphatic heterocycles. The van der Waals surface area contributed by atoms with Gasteiger partial charge in [0.1, 0.15) is 0 Å². The summed E-state index contributed by atoms with van der Waals surface area (Å²) in [6, 6.07) is 8.23. The Labute approximate surface area is 96.6 Å². The normalized spacial score (nSPS) is 9.53. The summed E-state index contributed by atoms with van der Waals surface area (Å²) in [5.41, 5.74) is 0.230. The lowest BCUT2D eigenvalue weighted by atomic mass is 10.3. The van der Waals surface area contributed by atoms with Crippen molar-refractivity contribution in [3.05, 3.63) is 51.7 Å². The highest BCUT2D eigenvalue weighted by molar-refractivity contribution is 5.36. The van der Waals surface area contributed by atoms with Crippen LogP contribution in [0.25, 0.3) is 10.7 Å². The molecule has 0 fully saturated rings. The smallest absolute Gasteiger partial charge is 0.277 e. The minimum Gasteiger partial charge on any atom is -0.362 e. The van der Waals surface area contributed by atoms with E-state index in [0.717, 1.165) is 0 Å². The molecule has 2 aromatic rings. The molecule has 0 radical (unpaired) electrons. The Hall–Kier alpha value is -2.86. The number of rotatable bonds is 2. The fourth-order valence-corrected chi connectivity index (χ4v) is 1.38. The van der Waals surface area contributed by atoms with E-state index in [2.05, 4.69) is 14.9 Å². The van der Waals surface area contributed by atoms with Crippen molar-refractivity contribution in [2.45, 2.75) is 6.42 Å². The summed E-state index contributed by atoms with van der Waals surface area (Å²) < 4.78 is 1.17. The summed E-state index contributed by atoms with van der Waals surface area (Å²) in [4.78, 5) is 18.8. The van der Waals surface area contributed by atoms with E-state index in [1.54, 1.807) is 18.2 Å². The van der Waals surface area contributed by atoms with Crippen LogP contribution in [0.1, 0.15) is 5.69 Å². The molecule has 0 bridgehead atoms. The van der Waals surface area contributed by atoms with Gasteiger partial charge in [-0.3, -0.25) is 4.79 Å². The second kappa shape index (κ2) is 4.33. The van der Waals surface area contributed by atoms with Gasteiger partial charge in [-0.25, -0.2) is 10.1 Å². The molecule has 0 aliphatic carbocycles. The first-order chi connectivity index (χ1) is 8.24. The van der Waals surface area contributed by atoms with Crippen molar-refractivity contribution >= 4 is 5.82 Å². The first-order valence-electron chi connectivity index (χ1n) is 4.77. The van der Waals surface area contributed by atoms with Gasteiger partial charge in [0.15, 0.2) is 5.82 Å². The molecule has 82 valence electrons. The minimum atomic E-state index is -0.349. The average Bonchev–Trinajstić information content (AvgIpc) is 2.71. The number of nitriles is 1. The van der Waals surface area contributed by atoms with Crippen molar-refractivity contribution in [3.8, 4) is 11.9 Å². The Balaban J connectivity index is 2.50. The van der Waals surface area contributed by atoms with Crippen molar-refractivity contribution in [1.29, 1.82) is 5.26 Å². The number of nitrogens with one attached hydrogen (secondary N) is 1. The summed E-state index contributed by atoms with van der Waals surface area (Å²) in [7, 11) is 0. The lowest BCUT2D eigenvalue weighted by Gasteiger charge is -1.99. The number of nitrogens with zero attached hydrogens (tertiary/aromatic N) is 4. The van der Waals surface area contributed by atoms with Crippen LogP contribution in [-0.2, 0) is 6.42 Å². The van der Waals surface area contributed by atoms with E-state index in [0.29, 0.717) is 11.5 Å². The van der Waals surface area contributed by atoms with Crippen LogP contribution < -0.4 is 5.56 Å². The summed E-state index contributed by atoms with van der Waals surface area (Å²) in [5.74, 6) is 0.528. The molecule has 17 heavy (non-hydrogen) atoms. The van der Waals surface area contributed by atoms with Gasteiger partial charge < -0.3 is 4.85 Å². The zero-order valence-electron chi connectivity index (χ0n) is 8.71. The maximum atomic E-state index is 11.6. The van der Waals surface area contributed by atoms with Gasteiger partial charge in [-0.1, -0.05) is 12.6 Å². The highest BCUT2D eigenvalue weighted by Gasteiger charge is 2.07. The van der Waals surface area contributed by atoms with Gasteiger partial charge in [0.05, 0.1) is 18.2 Å². The molecular formula is C11H7N5O. The molecule has 2 rings (SSSR count). The molecular weight excluding hydrogens is 218 g/mol. The number of aromatic nitrogens is 3. The van der Waals surface area contributed by atoms with Crippen LogP contribution in [0, 0.1) is 17.9 Å². The third-order valence-corrected chi connectivity index (χ3v) is 2.11. The molecule has 2 heterocycles. The van der Waals surface area contributed by atoms with Crippen LogP contribution in [-0.4, -0.2) is 14.8 Å². The molecule has 0 amide bonds. The van der Waals surface area contributed by atoms with E-state index in [1.165, 1.54) is 10.7 Å². The average molecular weight is 225 g/mol. The predicted octanol–water partition coefficient (Wildman–Crippen LogP) is 1.18. The first-order valence-corrected chi connectivity index (χ1v) is 4.77. The van der Waals surface area contributed by atoms with Crippen molar-refractivity contribution in [2.75, 3.05) is 0 Å². The standard InChI is InChI=1S/C11H7N5O/c1-13-9-7-11(17)16(15-9)10-4-2-3-8(14-10)5-6-12/h2-4,7,15H,5H2. The SMILES string of the molecule is [C-]#[N+]c1cc(=O)n(-c2cccc(CC#N)n2)[nH]1. The number of H-pyrrole nitrogens is 1. The Morgan fingerprint density at radius 2 is 2.41 bits per heavy atom. The molecule has 6 nitrogen and oxygen atoms in total. The minimum absolute atomic E-state index is 0.155. The van der Waals surface area contributed by atoms with Crippen LogP contribution in [0.2, 0.25) is 0 Å². The van der Waals surface area contributed by atoms with Gasteiger partial charge in [0.2, 0.25) is 0 Å². The monoisotopic (exact) mass is 225 g/mol. The van der Waals surface area contributed by atoms with Gasteiger partial charge in [-0.15, -0.1) is 4.68 Å². The fraction of sp³-hybridized carbons (Fsp3) is 0.0909. The van der Waals surface area contributed by atoms with Gasteiger partial charge in [-0.05, 0) is 12.1 Å². The first kappa shape index (κ1) is 10.7. The van der Waals surface area contributed by atoms with E-state index < -0.39 is 0 Å². The van der Waals surface area contributed by atoms with Crippen molar-refractivity contribution in [3.63, 3.8) is 0 Å². The Morgan fingerprint density at radius 3 is 3.06 bits per heavy atom. The number of aromatic amines is 1. The van der Waals surface area contributed by atoms with E-state index in [9.17, 15) is 4.79 Å². The Bertz CT molecular complexity index is 683. The molecule has 0 saturated carbocycles. The van der Waals surface area contributed by atoms with Crippen LogP contribution in [0.15, 0.2) is 29.1 Å². The molecule has 2 aromatic heterocycles. The quantitative estimate of drug-likeness (QED) is 0.779. The topological polar surface area (TPSA) is 78.8 Å². The zero-order valence-corrected chi connectivity index (χ0v) is 8.71. The third-order valence-electron chi connectivity index (χ3n) is 2.11. The largest absolute Gasteiger partial charge is 0.362 e. The molecule has 0 unspecified atom stereocenters. The van der Waals surface area contributed by atoms with Gasteiger partial charge in [-0.2, -0.15) is 5.26 Å². The van der Waals surface area contributed by atoms with Gasteiger partial charge in [0.25, 0.3) is 11.4 Å². The van der Waals surface area contributed by atoms with Gasteiger partial charge >= 0.3 is 0 Å². The third kappa shape index (κ3) is 2.06. The zero-order chi connectivity index (χ0) is 12.3. The van der Waals surface area contributed by atoms with E-state index in [1.807, 2.05) is 6.07 Å². The number of pyridine rings is 1. The summed E-state index contributed by atoms with van der Waals surface area (Å²) in [5, 5.41) is 11.2. The summed E-state index contributed by atoms with van der Waals surface area (Å²) in [6.07, 6.45) is 0.180. The summed E-state index contributed by atoms with van der Waals surface area (Å²) >= 11 is 0. The van der Waals surface area contributed by atoms with E-state index in [-0.39, 0.29) is 17.8 Å². The van der Waals surface area contributed by atoms with Crippen LogP contribution in [0.3, 0.4) is 0 Å². The van der Waals surface area contributed by atoms with Crippen molar-refractivity contribution < 1.29 is 0 Å².